The van der Waals surface area contributed by atoms with E-state index < -0.39 is 11.4 Å². The van der Waals surface area contributed by atoms with Crippen LogP contribution >= 0.6 is 0 Å². The standard InChI is InChI=1S/C29H36O4/c1-16-14-29(6)22-15-27(4,25(32)33)10-9-26(22,3)11-12-28(29,5)20-8-7-18-17(2)24(31)21(30)13-19(18)23(16)20/h7-8,13,22,31H,9-12,14-15H2,1-6H3,(H,32,33)/t22-,26-,27-,28-,29+/m1/s1. The summed E-state index contributed by atoms with van der Waals surface area (Å²) in [6.07, 6.45) is 7.11. The van der Waals surface area contributed by atoms with Crippen molar-refractivity contribution in [2.75, 3.05) is 0 Å². The summed E-state index contributed by atoms with van der Waals surface area (Å²) in [5, 5.41) is 22.4. The second-order valence-electron chi connectivity index (χ2n) is 12.4. The van der Waals surface area contributed by atoms with Crippen LogP contribution in [-0.4, -0.2) is 22.0 Å². The molecular formula is C29H36O4. The molecule has 0 unspecified atom stereocenters. The van der Waals surface area contributed by atoms with Crippen molar-refractivity contribution in [1.82, 2.24) is 0 Å². The number of aliphatic hydroxyl groups excluding tert-OH is 1. The van der Waals surface area contributed by atoms with Crippen LogP contribution < -0.4 is 10.4 Å². The fourth-order valence-corrected chi connectivity index (χ4v) is 8.16. The first kappa shape index (κ1) is 22.4. The Bertz CT molecular complexity index is 1270. The molecule has 0 saturated heterocycles. The molecule has 0 aromatic heterocycles. The van der Waals surface area contributed by atoms with Gasteiger partial charge in [-0.1, -0.05) is 38.5 Å². The van der Waals surface area contributed by atoms with E-state index in [2.05, 4.69) is 39.8 Å². The highest BCUT2D eigenvalue weighted by Gasteiger charge is 2.63. The minimum atomic E-state index is -0.672. The van der Waals surface area contributed by atoms with Gasteiger partial charge >= 0.3 is 5.97 Å². The number of hydrogen-bond donors (Lipinski definition) is 2. The first-order valence-corrected chi connectivity index (χ1v) is 12.3. The van der Waals surface area contributed by atoms with Crippen molar-refractivity contribution in [2.45, 2.75) is 85.5 Å². The molecule has 2 fully saturated rings. The summed E-state index contributed by atoms with van der Waals surface area (Å²) in [4.78, 5) is 24.8. The van der Waals surface area contributed by atoms with E-state index in [1.54, 1.807) is 6.08 Å². The zero-order valence-electron chi connectivity index (χ0n) is 20.8. The SMILES string of the molecule is CC1=C(O)C(=O)C=c2c1ccc1c2=C(C)C[C@@]2(C)[C@@H]3C[C@](C)(C(=O)O)CC[C@]3(C)CC[C@]12C. The minimum absolute atomic E-state index is 0.0614. The van der Waals surface area contributed by atoms with Gasteiger partial charge in [0.1, 0.15) is 0 Å². The summed E-state index contributed by atoms with van der Waals surface area (Å²) in [5.74, 6) is -0.827. The number of carbonyl (C=O) groups excluding carboxylic acids is 1. The van der Waals surface area contributed by atoms with E-state index >= 15 is 0 Å². The lowest BCUT2D eigenvalue weighted by Crippen LogP contribution is -2.63. The van der Waals surface area contributed by atoms with Gasteiger partial charge in [-0.25, -0.2) is 0 Å². The number of rotatable bonds is 1. The highest BCUT2D eigenvalue weighted by Crippen LogP contribution is 2.69. The van der Waals surface area contributed by atoms with Crippen molar-refractivity contribution in [3.8, 4) is 0 Å². The average Bonchev–Trinajstić information content (AvgIpc) is 2.75. The normalized spacial score (nSPS) is 39.8. The summed E-state index contributed by atoms with van der Waals surface area (Å²) in [6, 6.07) is 4.29. The highest BCUT2D eigenvalue weighted by atomic mass is 16.4. The Morgan fingerprint density at radius 3 is 2.36 bits per heavy atom. The lowest BCUT2D eigenvalue weighted by molar-refractivity contribution is -0.165. The van der Waals surface area contributed by atoms with Gasteiger partial charge in [-0.2, -0.15) is 0 Å². The topological polar surface area (TPSA) is 74.6 Å². The molecule has 0 amide bonds. The molecule has 0 radical (unpaired) electrons. The highest BCUT2D eigenvalue weighted by molar-refractivity contribution is 6.20. The molecule has 1 aromatic carbocycles. The number of carbonyl (C=O) groups is 2. The van der Waals surface area contributed by atoms with Gasteiger partial charge in [0.15, 0.2) is 5.76 Å². The van der Waals surface area contributed by atoms with Crippen molar-refractivity contribution in [3.05, 3.63) is 39.5 Å². The van der Waals surface area contributed by atoms with Crippen molar-refractivity contribution in [2.24, 2.45) is 22.2 Å². The average molecular weight is 449 g/mol. The molecule has 2 N–H and O–H groups in total. The van der Waals surface area contributed by atoms with Crippen molar-refractivity contribution >= 4 is 29.0 Å². The number of ketones is 1. The molecule has 1 aromatic rings. The van der Waals surface area contributed by atoms with E-state index in [9.17, 15) is 19.8 Å². The van der Waals surface area contributed by atoms with Gasteiger partial charge in [0.05, 0.1) is 5.41 Å². The number of hydrogen-bond acceptors (Lipinski definition) is 3. The maximum atomic E-state index is 12.5. The smallest absolute Gasteiger partial charge is 0.309 e. The minimum Gasteiger partial charge on any atom is -0.504 e. The van der Waals surface area contributed by atoms with Crippen LogP contribution in [0.2, 0.25) is 0 Å². The Balaban J connectivity index is 1.75. The van der Waals surface area contributed by atoms with Crippen molar-refractivity contribution in [1.29, 1.82) is 0 Å². The van der Waals surface area contributed by atoms with Gasteiger partial charge in [-0.15, -0.1) is 0 Å². The number of allylic oxidation sites excluding steroid dienone is 2. The number of carboxylic acids is 1. The Morgan fingerprint density at radius 2 is 1.70 bits per heavy atom. The van der Waals surface area contributed by atoms with Crippen LogP contribution in [0.5, 0.6) is 0 Å². The van der Waals surface area contributed by atoms with E-state index in [4.69, 9.17) is 0 Å². The maximum absolute atomic E-state index is 12.5. The molecule has 5 rings (SSSR count). The molecule has 33 heavy (non-hydrogen) atoms. The summed E-state index contributed by atoms with van der Waals surface area (Å²) in [5.41, 5.74) is 3.46. The third kappa shape index (κ3) is 2.70. The molecule has 4 aliphatic carbocycles. The molecule has 4 heteroatoms. The lowest BCUT2D eigenvalue weighted by atomic mass is 9.38. The molecule has 4 nitrogen and oxygen atoms in total. The Hall–Kier alpha value is -2.36. The van der Waals surface area contributed by atoms with Crippen LogP contribution in [0, 0.1) is 22.2 Å². The van der Waals surface area contributed by atoms with Gasteiger partial charge in [-0.3, -0.25) is 9.59 Å². The van der Waals surface area contributed by atoms with E-state index in [0.29, 0.717) is 11.5 Å². The van der Waals surface area contributed by atoms with Crippen molar-refractivity contribution in [3.63, 3.8) is 0 Å². The van der Waals surface area contributed by atoms with Crippen LogP contribution in [0.1, 0.15) is 91.2 Å². The predicted octanol–water partition coefficient (Wildman–Crippen LogP) is 4.87. The molecule has 0 bridgehead atoms. The molecule has 2 saturated carbocycles. The van der Waals surface area contributed by atoms with Gasteiger partial charge in [0.2, 0.25) is 5.78 Å². The zero-order valence-corrected chi connectivity index (χ0v) is 20.8. The first-order valence-electron chi connectivity index (χ1n) is 12.3. The van der Waals surface area contributed by atoms with Gasteiger partial charge in [0, 0.05) is 5.57 Å². The number of aliphatic carboxylic acids is 1. The molecular weight excluding hydrogens is 412 g/mol. The quantitative estimate of drug-likeness (QED) is 0.643. The zero-order chi connectivity index (χ0) is 24.1. The van der Waals surface area contributed by atoms with Crippen LogP contribution in [0.25, 0.3) is 17.2 Å². The van der Waals surface area contributed by atoms with Gasteiger partial charge < -0.3 is 10.2 Å². The molecule has 176 valence electrons. The third-order valence-corrected chi connectivity index (χ3v) is 10.7. The van der Waals surface area contributed by atoms with Gasteiger partial charge in [0.25, 0.3) is 0 Å². The molecule has 0 spiro atoms. The molecule has 0 aliphatic heterocycles. The fourth-order valence-electron chi connectivity index (χ4n) is 8.16. The molecule has 0 heterocycles. The Kier molecular flexibility index (Phi) is 4.49. The van der Waals surface area contributed by atoms with E-state index in [1.807, 2.05) is 13.8 Å². The van der Waals surface area contributed by atoms with E-state index in [0.717, 1.165) is 49.3 Å². The first-order chi connectivity index (χ1) is 15.3. The van der Waals surface area contributed by atoms with Crippen LogP contribution in [0.3, 0.4) is 0 Å². The van der Waals surface area contributed by atoms with E-state index in [1.165, 1.54) is 16.4 Å². The van der Waals surface area contributed by atoms with Gasteiger partial charge in [-0.05, 0) is 109 Å². The Labute approximate surface area is 196 Å². The summed E-state index contributed by atoms with van der Waals surface area (Å²) >= 11 is 0. The Morgan fingerprint density at radius 1 is 1.03 bits per heavy atom. The number of Topliss-reactive ketones (excluding diaryl/α,β-unsaturated/α-hetero) is 1. The van der Waals surface area contributed by atoms with Crippen LogP contribution in [0.4, 0.5) is 0 Å². The molecule has 4 aliphatic rings. The summed E-state index contributed by atoms with van der Waals surface area (Å²) < 4.78 is 0. The number of fused-ring (bicyclic) bond motifs is 7. The van der Waals surface area contributed by atoms with Crippen LogP contribution in [-0.2, 0) is 15.0 Å². The van der Waals surface area contributed by atoms with E-state index in [-0.39, 0.29) is 27.8 Å². The van der Waals surface area contributed by atoms with Crippen molar-refractivity contribution < 1.29 is 19.8 Å². The second-order valence-corrected chi connectivity index (χ2v) is 12.4. The second kappa shape index (κ2) is 6.61. The lowest BCUT2D eigenvalue weighted by Gasteiger charge is -2.66. The number of benzene rings is 1. The maximum Gasteiger partial charge on any atom is 0.309 e. The third-order valence-electron chi connectivity index (χ3n) is 10.7. The summed E-state index contributed by atoms with van der Waals surface area (Å²) in [7, 11) is 0. The molecule has 5 atom stereocenters. The largest absolute Gasteiger partial charge is 0.504 e. The predicted molar refractivity (Wildman–Crippen MR) is 130 cm³/mol. The monoisotopic (exact) mass is 448 g/mol. The number of aliphatic hydroxyl groups is 1. The summed E-state index contributed by atoms with van der Waals surface area (Å²) in [6.45, 7) is 13.1. The number of carboxylic acid groups (broad SMARTS) is 1. The fraction of sp³-hybridized carbons (Fsp3) is 0.586. The van der Waals surface area contributed by atoms with Crippen LogP contribution in [0.15, 0.2) is 17.9 Å².